The van der Waals surface area contributed by atoms with Crippen molar-refractivity contribution in [3.8, 4) is 5.69 Å². The number of hydrogen-bond acceptors (Lipinski definition) is 4. The molecule has 0 radical (unpaired) electrons. The van der Waals surface area contributed by atoms with Crippen molar-refractivity contribution in [1.82, 2.24) is 14.8 Å². The monoisotopic (exact) mass is 337 g/mol. The van der Waals surface area contributed by atoms with Crippen LogP contribution in [0.2, 0.25) is 0 Å². The SMILES string of the molecule is CCC(=O)CSc1nncn1-c1ccc(C2CC2)c2ccccc12. The Hall–Kier alpha value is -2.14. The number of fused-ring (bicyclic) bond motifs is 1. The van der Waals surface area contributed by atoms with Gasteiger partial charge >= 0.3 is 0 Å². The maximum atomic E-state index is 11.6. The number of ketones is 1. The molecule has 1 heterocycles. The van der Waals surface area contributed by atoms with E-state index in [1.54, 1.807) is 6.33 Å². The molecule has 2 aromatic carbocycles. The lowest BCUT2D eigenvalue weighted by Gasteiger charge is -2.12. The van der Waals surface area contributed by atoms with Gasteiger partial charge < -0.3 is 0 Å². The van der Waals surface area contributed by atoms with Gasteiger partial charge in [0.2, 0.25) is 0 Å². The van der Waals surface area contributed by atoms with Gasteiger partial charge in [0.05, 0.1) is 11.4 Å². The van der Waals surface area contributed by atoms with Gasteiger partial charge in [-0.15, -0.1) is 10.2 Å². The lowest BCUT2D eigenvalue weighted by molar-refractivity contribution is -0.116. The van der Waals surface area contributed by atoms with E-state index in [4.69, 9.17) is 0 Å². The van der Waals surface area contributed by atoms with Crippen molar-refractivity contribution in [2.75, 3.05) is 5.75 Å². The summed E-state index contributed by atoms with van der Waals surface area (Å²) in [4.78, 5) is 11.6. The van der Waals surface area contributed by atoms with Crippen LogP contribution in [-0.2, 0) is 4.79 Å². The minimum atomic E-state index is 0.225. The van der Waals surface area contributed by atoms with Crippen LogP contribution in [0.5, 0.6) is 0 Å². The fourth-order valence-corrected chi connectivity index (χ4v) is 3.89. The molecule has 1 saturated carbocycles. The van der Waals surface area contributed by atoms with E-state index in [2.05, 4.69) is 46.6 Å². The summed E-state index contributed by atoms with van der Waals surface area (Å²) in [5.41, 5.74) is 2.52. The molecule has 0 N–H and O–H groups in total. The number of rotatable bonds is 6. The van der Waals surface area contributed by atoms with E-state index in [0.717, 1.165) is 10.8 Å². The van der Waals surface area contributed by atoms with Crippen LogP contribution >= 0.6 is 11.8 Å². The molecule has 0 atom stereocenters. The minimum Gasteiger partial charge on any atom is -0.299 e. The molecule has 24 heavy (non-hydrogen) atoms. The molecule has 1 fully saturated rings. The smallest absolute Gasteiger partial charge is 0.196 e. The zero-order valence-corrected chi connectivity index (χ0v) is 14.4. The molecule has 0 spiro atoms. The van der Waals surface area contributed by atoms with Gasteiger partial charge in [-0.25, -0.2) is 0 Å². The number of Topliss-reactive ketones (excluding diaryl/α,β-unsaturated/α-hetero) is 1. The van der Waals surface area contributed by atoms with Crippen molar-refractivity contribution >= 4 is 28.3 Å². The maximum Gasteiger partial charge on any atom is 0.196 e. The molecule has 0 amide bonds. The quantitative estimate of drug-likeness (QED) is 0.627. The Balaban J connectivity index is 1.76. The van der Waals surface area contributed by atoms with Crippen molar-refractivity contribution in [3.63, 3.8) is 0 Å². The van der Waals surface area contributed by atoms with Gasteiger partial charge in [-0.05, 0) is 35.8 Å². The molecule has 4 nitrogen and oxygen atoms in total. The van der Waals surface area contributed by atoms with Crippen LogP contribution < -0.4 is 0 Å². The Morgan fingerprint density at radius 1 is 1.21 bits per heavy atom. The third kappa shape index (κ3) is 2.84. The number of carbonyl (C=O) groups excluding carboxylic acids is 1. The summed E-state index contributed by atoms with van der Waals surface area (Å²) in [5.74, 6) is 1.37. The Labute approximate surface area is 145 Å². The first-order valence-corrected chi connectivity index (χ1v) is 9.33. The highest BCUT2D eigenvalue weighted by Crippen LogP contribution is 2.44. The molecule has 0 saturated heterocycles. The summed E-state index contributed by atoms with van der Waals surface area (Å²) in [6.07, 6.45) is 4.86. The van der Waals surface area contributed by atoms with E-state index in [-0.39, 0.29) is 5.78 Å². The molecule has 3 aromatic rings. The largest absolute Gasteiger partial charge is 0.299 e. The molecular formula is C19H19N3OS. The fraction of sp³-hybridized carbons (Fsp3) is 0.316. The highest BCUT2D eigenvalue weighted by molar-refractivity contribution is 7.99. The summed E-state index contributed by atoms with van der Waals surface area (Å²) in [5, 5.41) is 11.5. The van der Waals surface area contributed by atoms with Crippen LogP contribution in [-0.4, -0.2) is 26.3 Å². The van der Waals surface area contributed by atoms with Crippen molar-refractivity contribution in [2.45, 2.75) is 37.3 Å². The van der Waals surface area contributed by atoms with Crippen molar-refractivity contribution < 1.29 is 4.79 Å². The zero-order valence-electron chi connectivity index (χ0n) is 13.6. The Morgan fingerprint density at radius 2 is 2.00 bits per heavy atom. The molecule has 1 aliphatic carbocycles. The van der Waals surface area contributed by atoms with Gasteiger partial charge in [0.25, 0.3) is 0 Å². The lowest BCUT2D eigenvalue weighted by atomic mass is 9.99. The van der Waals surface area contributed by atoms with Crippen molar-refractivity contribution in [2.24, 2.45) is 0 Å². The van der Waals surface area contributed by atoms with E-state index in [0.29, 0.717) is 18.1 Å². The van der Waals surface area contributed by atoms with Crippen LogP contribution in [0.15, 0.2) is 47.9 Å². The van der Waals surface area contributed by atoms with E-state index in [1.807, 2.05) is 11.5 Å². The third-order valence-electron chi connectivity index (χ3n) is 4.48. The first kappa shape index (κ1) is 15.4. The van der Waals surface area contributed by atoms with Crippen LogP contribution in [0.3, 0.4) is 0 Å². The van der Waals surface area contributed by atoms with Gasteiger partial charge in [0.15, 0.2) is 5.16 Å². The summed E-state index contributed by atoms with van der Waals surface area (Å²) in [7, 11) is 0. The van der Waals surface area contributed by atoms with Crippen LogP contribution in [0, 0.1) is 0 Å². The average Bonchev–Trinajstić information content (AvgIpc) is 3.36. The van der Waals surface area contributed by atoms with Gasteiger partial charge in [-0.3, -0.25) is 9.36 Å². The second-order valence-electron chi connectivity index (χ2n) is 6.16. The Kier molecular flexibility index (Phi) is 4.10. The molecule has 0 bridgehead atoms. The van der Waals surface area contributed by atoms with Crippen LogP contribution in [0.4, 0.5) is 0 Å². The van der Waals surface area contributed by atoms with E-state index in [1.165, 1.54) is 40.9 Å². The molecule has 4 rings (SSSR count). The highest BCUT2D eigenvalue weighted by Gasteiger charge is 2.26. The average molecular weight is 337 g/mol. The number of nitrogens with zero attached hydrogens (tertiary/aromatic N) is 3. The van der Waals surface area contributed by atoms with E-state index in [9.17, 15) is 4.79 Å². The normalized spacial score (nSPS) is 14.2. The van der Waals surface area contributed by atoms with Gasteiger partial charge in [-0.1, -0.05) is 49.0 Å². The number of thioether (sulfide) groups is 1. The summed E-state index contributed by atoms with van der Waals surface area (Å²) in [6.45, 7) is 1.89. The summed E-state index contributed by atoms with van der Waals surface area (Å²) < 4.78 is 1.99. The number of hydrogen-bond donors (Lipinski definition) is 0. The summed E-state index contributed by atoms with van der Waals surface area (Å²) in [6, 6.07) is 12.9. The first-order chi connectivity index (χ1) is 11.8. The molecule has 1 aromatic heterocycles. The first-order valence-electron chi connectivity index (χ1n) is 8.34. The van der Waals surface area contributed by atoms with Gasteiger partial charge in [0.1, 0.15) is 12.1 Å². The van der Waals surface area contributed by atoms with Gasteiger partial charge in [-0.2, -0.15) is 0 Å². The van der Waals surface area contributed by atoms with E-state index < -0.39 is 0 Å². The van der Waals surface area contributed by atoms with Crippen LogP contribution in [0.1, 0.15) is 37.7 Å². The standard InChI is InChI=1S/C19H19N3OS/c1-2-14(23)11-24-19-21-20-12-22(19)18-10-9-15(13-7-8-13)16-5-3-4-6-17(16)18/h3-6,9-10,12-13H,2,7-8,11H2,1H3. The second-order valence-corrected chi connectivity index (χ2v) is 7.10. The molecule has 122 valence electrons. The van der Waals surface area contributed by atoms with Crippen LogP contribution in [0.25, 0.3) is 16.5 Å². The summed E-state index contributed by atoms with van der Waals surface area (Å²) >= 11 is 1.45. The third-order valence-corrected chi connectivity index (χ3v) is 5.49. The topological polar surface area (TPSA) is 47.8 Å². The molecule has 5 heteroatoms. The number of carbonyl (C=O) groups is 1. The minimum absolute atomic E-state index is 0.225. The lowest BCUT2D eigenvalue weighted by Crippen LogP contribution is -2.02. The molecule has 0 aliphatic heterocycles. The Morgan fingerprint density at radius 3 is 2.75 bits per heavy atom. The highest BCUT2D eigenvalue weighted by atomic mass is 32.2. The second kappa shape index (κ2) is 6.40. The van der Waals surface area contributed by atoms with Crippen molar-refractivity contribution in [1.29, 1.82) is 0 Å². The van der Waals surface area contributed by atoms with Gasteiger partial charge in [0, 0.05) is 11.8 Å². The Bertz CT molecular complexity index is 899. The molecule has 0 unspecified atom stereocenters. The molecular weight excluding hydrogens is 318 g/mol. The number of benzene rings is 2. The molecule has 1 aliphatic rings. The predicted molar refractivity (Wildman–Crippen MR) is 96.9 cm³/mol. The predicted octanol–water partition coefficient (Wildman–Crippen LogP) is 4.37. The maximum absolute atomic E-state index is 11.6. The zero-order chi connectivity index (χ0) is 16.5. The number of aromatic nitrogens is 3. The fourth-order valence-electron chi connectivity index (χ4n) is 3.00. The van der Waals surface area contributed by atoms with E-state index >= 15 is 0 Å². The van der Waals surface area contributed by atoms with Crippen molar-refractivity contribution in [3.05, 3.63) is 48.3 Å².